The molecule has 0 radical (unpaired) electrons. The predicted octanol–water partition coefficient (Wildman–Crippen LogP) is 0.0835. The predicted molar refractivity (Wildman–Crippen MR) is 74.7 cm³/mol. The number of carbonyl (C=O) groups is 2. The molecule has 0 aliphatic carbocycles. The van der Waals surface area contributed by atoms with Gasteiger partial charge in [0.1, 0.15) is 6.10 Å². The summed E-state index contributed by atoms with van der Waals surface area (Å²) in [5.74, 6) is 0.801. The van der Waals surface area contributed by atoms with Crippen molar-refractivity contribution in [2.24, 2.45) is 0 Å². The van der Waals surface area contributed by atoms with Crippen molar-refractivity contribution in [1.29, 1.82) is 0 Å². The first-order valence-electron chi connectivity index (χ1n) is 7.06. The highest BCUT2D eigenvalue weighted by Gasteiger charge is 2.35. The Hall–Kier alpha value is -2.58. The zero-order valence-corrected chi connectivity index (χ0v) is 12.2. The van der Waals surface area contributed by atoms with Gasteiger partial charge in [0.05, 0.1) is 13.7 Å². The van der Waals surface area contributed by atoms with Gasteiger partial charge >= 0.3 is 12.1 Å². The summed E-state index contributed by atoms with van der Waals surface area (Å²) in [6.45, 7) is 1.89. The van der Waals surface area contributed by atoms with Crippen LogP contribution in [-0.2, 0) is 0 Å². The number of ether oxygens (including phenoxy) is 2. The first kappa shape index (κ1) is 14.4. The molecule has 22 heavy (non-hydrogen) atoms. The maximum atomic E-state index is 12.2. The lowest BCUT2D eigenvalue weighted by Gasteiger charge is -2.21. The zero-order valence-electron chi connectivity index (χ0n) is 12.2. The molecule has 4 amide bonds. The Morgan fingerprint density at radius 2 is 2.09 bits per heavy atom. The lowest BCUT2D eigenvalue weighted by molar-refractivity contribution is 0.159. The second-order valence-electron chi connectivity index (χ2n) is 5.05. The maximum absolute atomic E-state index is 12.2. The summed E-state index contributed by atoms with van der Waals surface area (Å²) in [6.07, 6.45) is 0.534. The Labute approximate surface area is 127 Å². The van der Waals surface area contributed by atoms with E-state index in [4.69, 9.17) is 9.47 Å². The summed E-state index contributed by atoms with van der Waals surface area (Å²) in [6, 6.07) is 2.72. The van der Waals surface area contributed by atoms with E-state index >= 15 is 0 Å². The molecule has 0 aromatic carbocycles. The van der Waals surface area contributed by atoms with E-state index in [1.807, 2.05) is 0 Å². The van der Waals surface area contributed by atoms with Crippen molar-refractivity contribution in [3.05, 3.63) is 12.1 Å². The number of aromatic nitrogens is 2. The van der Waals surface area contributed by atoms with Crippen molar-refractivity contribution in [2.75, 3.05) is 33.3 Å². The molecule has 1 atom stereocenters. The topological polar surface area (TPSA) is 96.9 Å². The molecule has 0 saturated carbocycles. The fourth-order valence-electron chi connectivity index (χ4n) is 2.47. The maximum Gasteiger partial charge on any atom is 0.328 e. The molecule has 0 unspecified atom stereocenters. The van der Waals surface area contributed by atoms with Gasteiger partial charge in [-0.25, -0.2) is 14.5 Å². The molecule has 118 valence electrons. The van der Waals surface area contributed by atoms with Crippen molar-refractivity contribution in [3.8, 4) is 11.8 Å². The molecule has 3 rings (SSSR count). The van der Waals surface area contributed by atoms with E-state index in [0.29, 0.717) is 44.4 Å². The van der Waals surface area contributed by atoms with Crippen LogP contribution >= 0.6 is 0 Å². The van der Waals surface area contributed by atoms with Crippen molar-refractivity contribution in [2.45, 2.75) is 12.5 Å². The average Bonchev–Trinajstić information content (AvgIpc) is 3.16. The van der Waals surface area contributed by atoms with Crippen molar-refractivity contribution < 1.29 is 19.1 Å². The van der Waals surface area contributed by atoms with Crippen LogP contribution in [0.3, 0.4) is 0 Å². The second-order valence-corrected chi connectivity index (χ2v) is 5.05. The molecule has 2 aliphatic heterocycles. The molecule has 2 aliphatic rings. The van der Waals surface area contributed by atoms with E-state index in [1.54, 1.807) is 17.0 Å². The van der Waals surface area contributed by atoms with E-state index in [2.05, 4.69) is 15.5 Å². The largest absolute Gasteiger partial charge is 0.480 e. The van der Waals surface area contributed by atoms with Gasteiger partial charge < -0.3 is 19.7 Å². The van der Waals surface area contributed by atoms with Gasteiger partial charge in [-0.05, 0) is 0 Å². The molecule has 9 heteroatoms. The number of methoxy groups -OCH3 is 1. The Morgan fingerprint density at radius 3 is 2.73 bits per heavy atom. The Balaban J connectivity index is 1.55. The van der Waals surface area contributed by atoms with Gasteiger partial charge in [-0.2, -0.15) is 0 Å². The van der Waals surface area contributed by atoms with Gasteiger partial charge in [-0.15, -0.1) is 10.2 Å². The number of nitrogens with one attached hydrogen (secondary N) is 1. The van der Waals surface area contributed by atoms with Gasteiger partial charge in [0.2, 0.25) is 11.8 Å². The number of urea groups is 2. The summed E-state index contributed by atoms with van der Waals surface area (Å²) >= 11 is 0. The summed E-state index contributed by atoms with van der Waals surface area (Å²) in [4.78, 5) is 26.6. The SMILES string of the molecule is COc1ccc(O[C@@H]2CCN(C(=O)N3CCNC3=O)C2)nn1. The highest BCUT2D eigenvalue weighted by molar-refractivity contribution is 5.95. The van der Waals surface area contributed by atoms with E-state index in [9.17, 15) is 9.59 Å². The smallest absolute Gasteiger partial charge is 0.328 e. The van der Waals surface area contributed by atoms with E-state index in [1.165, 1.54) is 12.0 Å². The molecular formula is C13H17N5O4. The van der Waals surface area contributed by atoms with Crippen LogP contribution in [0.25, 0.3) is 0 Å². The Morgan fingerprint density at radius 1 is 1.32 bits per heavy atom. The molecule has 1 aromatic rings. The van der Waals surface area contributed by atoms with Gasteiger partial charge in [-0.1, -0.05) is 0 Å². The number of carbonyl (C=O) groups excluding carboxylic acids is 2. The van der Waals surface area contributed by atoms with Crippen LogP contribution in [-0.4, -0.2) is 71.5 Å². The minimum absolute atomic E-state index is 0.155. The number of rotatable bonds is 3. The molecule has 9 nitrogen and oxygen atoms in total. The van der Waals surface area contributed by atoms with Crippen LogP contribution in [0.1, 0.15) is 6.42 Å². The lowest BCUT2D eigenvalue weighted by atomic mass is 10.3. The van der Waals surface area contributed by atoms with Crippen molar-refractivity contribution in [3.63, 3.8) is 0 Å². The molecule has 1 aromatic heterocycles. The van der Waals surface area contributed by atoms with Crippen LogP contribution in [0, 0.1) is 0 Å². The monoisotopic (exact) mass is 307 g/mol. The second kappa shape index (κ2) is 6.04. The highest BCUT2D eigenvalue weighted by Crippen LogP contribution is 2.19. The molecule has 3 heterocycles. The fraction of sp³-hybridized carbons (Fsp3) is 0.538. The number of imide groups is 1. The van der Waals surface area contributed by atoms with Crippen LogP contribution in [0.2, 0.25) is 0 Å². The molecule has 2 saturated heterocycles. The molecular weight excluding hydrogens is 290 g/mol. The lowest BCUT2D eigenvalue weighted by Crippen LogP contribution is -2.44. The Bertz CT molecular complexity index is 564. The third-order valence-electron chi connectivity index (χ3n) is 3.62. The number of amides is 4. The fourth-order valence-corrected chi connectivity index (χ4v) is 2.47. The number of nitrogens with zero attached hydrogens (tertiary/aromatic N) is 4. The summed E-state index contributed by atoms with van der Waals surface area (Å²) < 4.78 is 10.6. The molecule has 2 fully saturated rings. The quantitative estimate of drug-likeness (QED) is 0.849. The normalized spacial score (nSPS) is 21.0. The molecule has 0 bridgehead atoms. The van der Waals surface area contributed by atoms with Gasteiger partial charge in [0, 0.05) is 38.2 Å². The van der Waals surface area contributed by atoms with E-state index < -0.39 is 0 Å². The minimum Gasteiger partial charge on any atom is -0.480 e. The third kappa shape index (κ3) is 2.87. The summed E-state index contributed by atoms with van der Waals surface area (Å²) in [5.41, 5.74) is 0. The molecule has 1 N–H and O–H groups in total. The average molecular weight is 307 g/mol. The number of hydrogen-bond acceptors (Lipinski definition) is 6. The standard InChI is InChI=1S/C13H17N5O4/c1-21-10-2-3-11(16-15-10)22-9-4-6-17(8-9)13(20)18-7-5-14-12(18)19/h2-3,9H,4-8H2,1H3,(H,14,19)/t9-/m1/s1. The first-order valence-corrected chi connectivity index (χ1v) is 7.06. The van der Waals surface area contributed by atoms with E-state index in [0.717, 1.165) is 0 Å². The third-order valence-corrected chi connectivity index (χ3v) is 3.62. The van der Waals surface area contributed by atoms with Crippen molar-refractivity contribution >= 4 is 12.1 Å². The van der Waals surface area contributed by atoms with Gasteiger partial charge in [0.25, 0.3) is 0 Å². The zero-order chi connectivity index (χ0) is 15.5. The summed E-state index contributed by atoms with van der Waals surface area (Å²) in [7, 11) is 1.51. The summed E-state index contributed by atoms with van der Waals surface area (Å²) in [5, 5.41) is 10.3. The first-order chi connectivity index (χ1) is 10.7. The van der Waals surface area contributed by atoms with Gasteiger partial charge in [0.15, 0.2) is 0 Å². The highest BCUT2D eigenvalue weighted by atomic mass is 16.5. The van der Waals surface area contributed by atoms with Crippen molar-refractivity contribution in [1.82, 2.24) is 25.3 Å². The van der Waals surface area contributed by atoms with Crippen LogP contribution in [0.5, 0.6) is 11.8 Å². The van der Waals surface area contributed by atoms with Crippen LogP contribution in [0.15, 0.2) is 12.1 Å². The van der Waals surface area contributed by atoms with E-state index in [-0.39, 0.29) is 18.2 Å². The van der Waals surface area contributed by atoms with Crippen LogP contribution < -0.4 is 14.8 Å². The minimum atomic E-state index is -0.338. The number of likely N-dealkylation sites (tertiary alicyclic amines) is 1. The number of hydrogen-bond donors (Lipinski definition) is 1. The van der Waals surface area contributed by atoms with Gasteiger partial charge in [-0.3, -0.25) is 0 Å². The molecule has 0 spiro atoms. The van der Waals surface area contributed by atoms with Crippen LogP contribution in [0.4, 0.5) is 9.59 Å². The Kier molecular flexibility index (Phi) is 3.94.